The molecule has 0 aliphatic carbocycles. The Morgan fingerprint density at radius 3 is 2.94 bits per heavy atom. The van der Waals surface area contributed by atoms with Crippen molar-refractivity contribution < 1.29 is 9.47 Å². The molecule has 0 spiro atoms. The molecule has 0 aromatic carbocycles. The SMILES string of the molecule is [C-]#[N+]c1c(NCCc2cccc(CO[C@@H]3CCOC3)n2)nc2c(CC)c(C)nn2c1N. The number of fused-ring (bicyclic) bond motifs is 1. The summed E-state index contributed by atoms with van der Waals surface area (Å²) in [5, 5.41) is 7.71. The standard InChI is InChI=1S/C22H27N7O2/c1-4-18-14(2)28-29-20(23)19(24-3)21(27-22(18)29)25-10-8-15-6-5-7-16(26-15)12-31-17-9-11-30-13-17/h5-7,17H,4,8-13,23H2,1-2H3,(H,25,27)/t17-/m1/s1. The van der Waals surface area contributed by atoms with Gasteiger partial charge in [-0.3, -0.25) is 4.98 Å². The molecule has 0 bridgehead atoms. The highest BCUT2D eigenvalue weighted by atomic mass is 16.5. The molecule has 1 saturated heterocycles. The van der Waals surface area contributed by atoms with Gasteiger partial charge in [0.15, 0.2) is 5.65 Å². The van der Waals surface area contributed by atoms with E-state index in [0.717, 1.165) is 42.1 Å². The summed E-state index contributed by atoms with van der Waals surface area (Å²) in [6, 6.07) is 5.94. The van der Waals surface area contributed by atoms with Crippen LogP contribution in [0.3, 0.4) is 0 Å². The van der Waals surface area contributed by atoms with Crippen molar-refractivity contribution >= 4 is 23.0 Å². The van der Waals surface area contributed by atoms with Gasteiger partial charge < -0.3 is 20.5 Å². The van der Waals surface area contributed by atoms with Crippen LogP contribution < -0.4 is 11.1 Å². The monoisotopic (exact) mass is 421 g/mol. The van der Waals surface area contributed by atoms with Gasteiger partial charge in [-0.15, -0.1) is 0 Å². The zero-order valence-electron chi connectivity index (χ0n) is 17.9. The Morgan fingerprint density at radius 2 is 2.19 bits per heavy atom. The molecule has 1 aliphatic heterocycles. The first kappa shape index (κ1) is 21.0. The Balaban J connectivity index is 1.44. The first-order chi connectivity index (χ1) is 15.1. The minimum Gasteiger partial charge on any atom is -0.392 e. The van der Waals surface area contributed by atoms with Gasteiger partial charge in [-0.25, -0.2) is 14.3 Å². The maximum atomic E-state index is 7.54. The molecule has 0 amide bonds. The molecule has 1 fully saturated rings. The number of rotatable bonds is 8. The molecular formula is C22H27N7O2. The molecule has 31 heavy (non-hydrogen) atoms. The van der Waals surface area contributed by atoms with E-state index in [1.807, 2.05) is 25.1 Å². The van der Waals surface area contributed by atoms with E-state index in [2.05, 4.69) is 32.2 Å². The van der Waals surface area contributed by atoms with Crippen LogP contribution in [0.1, 0.15) is 36.0 Å². The van der Waals surface area contributed by atoms with Crippen molar-refractivity contribution in [3.05, 3.63) is 52.3 Å². The van der Waals surface area contributed by atoms with E-state index < -0.39 is 0 Å². The molecule has 4 heterocycles. The Morgan fingerprint density at radius 1 is 1.35 bits per heavy atom. The molecule has 3 N–H and O–H groups in total. The van der Waals surface area contributed by atoms with Crippen LogP contribution in [0, 0.1) is 13.5 Å². The second kappa shape index (κ2) is 9.29. The van der Waals surface area contributed by atoms with Crippen LogP contribution in [0.5, 0.6) is 0 Å². The summed E-state index contributed by atoms with van der Waals surface area (Å²) in [5.74, 6) is 0.786. The summed E-state index contributed by atoms with van der Waals surface area (Å²) < 4.78 is 12.8. The number of pyridine rings is 1. The predicted octanol–water partition coefficient (Wildman–Crippen LogP) is 3.09. The van der Waals surface area contributed by atoms with Gasteiger partial charge in [-0.05, 0) is 31.9 Å². The van der Waals surface area contributed by atoms with Gasteiger partial charge >= 0.3 is 0 Å². The molecule has 3 aromatic heterocycles. The van der Waals surface area contributed by atoms with Gasteiger partial charge in [0.1, 0.15) is 11.6 Å². The number of anilines is 2. The van der Waals surface area contributed by atoms with Crippen molar-refractivity contribution in [1.82, 2.24) is 19.6 Å². The van der Waals surface area contributed by atoms with Crippen molar-refractivity contribution in [2.75, 3.05) is 30.8 Å². The average Bonchev–Trinajstić information content (AvgIpc) is 3.40. The van der Waals surface area contributed by atoms with Crippen LogP contribution in [0.15, 0.2) is 18.2 Å². The number of hydrogen-bond donors (Lipinski definition) is 2. The molecule has 4 rings (SSSR count). The molecule has 1 aliphatic rings. The van der Waals surface area contributed by atoms with E-state index in [4.69, 9.17) is 21.8 Å². The summed E-state index contributed by atoms with van der Waals surface area (Å²) >= 11 is 0. The third-order valence-electron chi connectivity index (χ3n) is 5.43. The number of ether oxygens (including phenoxy) is 2. The molecule has 3 aromatic rings. The molecular weight excluding hydrogens is 394 g/mol. The molecule has 162 valence electrons. The largest absolute Gasteiger partial charge is 0.392 e. The van der Waals surface area contributed by atoms with Gasteiger partial charge in [-0.2, -0.15) is 5.10 Å². The third-order valence-corrected chi connectivity index (χ3v) is 5.43. The molecule has 1 atom stereocenters. The van der Waals surface area contributed by atoms with Crippen LogP contribution in [0.25, 0.3) is 10.5 Å². The van der Waals surface area contributed by atoms with Gasteiger partial charge in [0.2, 0.25) is 0 Å². The molecule has 0 saturated carbocycles. The van der Waals surface area contributed by atoms with Gasteiger partial charge in [-0.1, -0.05) is 13.0 Å². The highest BCUT2D eigenvalue weighted by Crippen LogP contribution is 2.32. The highest BCUT2D eigenvalue weighted by molar-refractivity contribution is 5.80. The van der Waals surface area contributed by atoms with Crippen LogP contribution in [-0.4, -0.2) is 45.4 Å². The number of hydrogen-bond acceptors (Lipinski definition) is 7. The van der Waals surface area contributed by atoms with Crippen LogP contribution in [0.4, 0.5) is 17.3 Å². The highest BCUT2D eigenvalue weighted by Gasteiger charge is 2.18. The lowest BCUT2D eigenvalue weighted by molar-refractivity contribution is 0.0301. The van der Waals surface area contributed by atoms with E-state index in [-0.39, 0.29) is 11.8 Å². The second-order valence-electron chi connectivity index (χ2n) is 7.55. The minimum atomic E-state index is 0.158. The lowest BCUT2D eigenvalue weighted by Crippen LogP contribution is -2.13. The molecule has 9 heteroatoms. The van der Waals surface area contributed by atoms with Gasteiger partial charge in [0.05, 0.1) is 37.3 Å². The first-order valence-electron chi connectivity index (χ1n) is 10.5. The molecule has 0 radical (unpaired) electrons. The predicted molar refractivity (Wildman–Crippen MR) is 118 cm³/mol. The van der Waals surface area contributed by atoms with E-state index >= 15 is 0 Å². The normalized spacial score (nSPS) is 16.0. The number of aromatic nitrogens is 4. The van der Waals surface area contributed by atoms with Crippen molar-refractivity contribution in [3.63, 3.8) is 0 Å². The van der Waals surface area contributed by atoms with Crippen LogP contribution >= 0.6 is 0 Å². The summed E-state index contributed by atoms with van der Waals surface area (Å²) in [6.45, 7) is 14.0. The summed E-state index contributed by atoms with van der Waals surface area (Å²) in [5.41, 5.74) is 11.0. The number of nitrogens with two attached hydrogens (primary N) is 1. The smallest absolute Gasteiger partial charge is 0.268 e. The summed E-state index contributed by atoms with van der Waals surface area (Å²) in [4.78, 5) is 12.9. The fourth-order valence-corrected chi connectivity index (χ4v) is 3.76. The Kier molecular flexibility index (Phi) is 6.30. The number of aryl methyl sites for hydroxylation is 2. The van der Waals surface area contributed by atoms with E-state index in [1.165, 1.54) is 0 Å². The first-order valence-corrected chi connectivity index (χ1v) is 10.5. The zero-order chi connectivity index (χ0) is 21.8. The van der Waals surface area contributed by atoms with E-state index in [0.29, 0.717) is 43.5 Å². The quantitative estimate of drug-likeness (QED) is 0.539. The van der Waals surface area contributed by atoms with Crippen LogP contribution in [-0.2, 0) is 28.9 Å². The van der Waals surface area contributed by atoms with Crippen molar-refractivity contribution in [2.45, 2.75) is 45.8 Å². The molecule has 0 unspecified atom stereocenters. The number of nitrogens with one attached hydrogen (secondary N) is 1. The van der Waals surface area contributed by atoms with Crippen molar-refractivity contribution in [2.24, 2.45) is 0 Å². The maximum Gasteiger partial charge on any atom is 0.268 e. The van der Waals surface area contributed by atoms with Gasteiger partial charge in [0, 0.05) is 30.8 Å². The zero-order valence-corrected chi connectivity index (χ0v) is 17.9. The lowest BCUT2D eigenvalue weighted by atomic mass is 10.2. The Hall–Kier alpha value is -3.22. The second-order valence-corrected chi connectivity index (χ2v) is 7.55. The topological polar surface area (TPSA) is 104 Å². The fraction of sp³-hybridized carbons (Fsp3) is 0.455. The third kappa shape index (κ3) is 4.45. The summed E-state index contributed by atoms with van der Waals surface area (Å²) in [6.07, 6.45) is 2.57. The summed E-state index contributed by atoms with van der Waals surface area (Å²) in [7, 11) is 0. The lowest BCUT2D eigenvalue weighted by Gasteiger charge is -2.12. The Bertz CT molecular complexity index is 1110. The number of nitrogen functional groups attached to an aromatic ring is 1. The van der Waals surface area contributed by atoms with Gasteiger partial charge in [0.25, 0.3) is 5.69 Å². The fourth-order valence-electron chi connectivity index (χ4n) is 3.76. The molecule has 9 nitrogen and oxygen atoms in total. The van der Waals surface area contributed by atoms with Crippen LogP contribution in [0.2, 0.25) is 0 Å². The van der Waals surface area contributed by atoms with Crippen molar-refractivity contribution in [3.8, 4) is 0 Å². The average molecular weight is 422 g/mol. The van der Waals surface area contributed by atoms with Crippen molar-refractivity contribution in [1.29, 1.82) is 0 Å². The minimum absolute atomic E-state index is 0.158. The Labute approximate surface area is 181 Å². The maximum absolute atomic E-state index is 7.54. The van der Waals surface area contributed by atoms with E-state index in [1.54, 1.807) is 4.52 Å². The number of nitrogens with zero attached hydrogens (tertiary/aromatic N) is 5. The van der Waals surface area contributed by atoms with E-state index in [9.17, 15) is 0 Å².